The molecule has 0 N–H and O–H groups in total. The zero-order chi connectivity index (χ0) is 75.1. The summed E-state index contributed by atoms with van der Waals surface area (Å²) in [4.78, 5) is 45.3. The van der Waals surface area contributed by atoms with Gasteiger partial charge in [0.25, 0.3) is 0 Å². The number of rotatable bonds is 15. The highest BCUT2D eigenvalue weighted by molar-refractivity contribution is 9.10. The van der Waals surface area contributed by atoms with Gasteiger partial charge in [0.1, 0.15) is 0 Å². The Morgan fingerprint density at radius 2 is 0.333 bits per heavy atom. The second kappa shape index (κ2) is 34.0. The summed E-state index contributed by atoms with van der Waals surface area (Å²) >= 11 is 7.40. The van der Waals surface area contributed by atoms with Gasteiger partial charge < -0.3 is 0 Å². The summed E-state index contributed by atoms with van der Waals surface area (Å²) in [6.07, 6.45) is 0. The summed E-state index contributed by atoms with van der Waals surface area (Å²) in [5.41, 5.74) is 24.9. The molecule has 18 aromatic rings. The number of aryl methyl sites for hydroxylation is 1. The Bertz CT molecular complexity index is 5910. The molecule has 5 heterocycles. The second-order valence-corrected chi connectivity index (χ2v) is 28.3. The van der Waals surface area contributed by atoms with E-state index in [1.165, 1.54) is 5.56 Å². The molecule has 0 spiro atoms. The minimum Gasteiger partial charge on any atom is -0.253 e. The number of aromatic nitrogens is 9. The summed E-state index contributed by atoms with van der Waals surface area (Å²) in [6.45, 7) is 2.01. The van der Waals surface area contributed by atoms with E-state index in [1.54, 1.807) is 0 Å². The van der Waals surface area contributed by atoms with Crippen LogP contribution in [0.25, 0.3) is 169 Å². The molecule has 0 bridgehead atoms. The van der Waals surface area contributed by atoms with Crippen LogP contribution in [0.4, 0.5) is 0 Å². The van der Waals surface area contributed by atoms with Crippen LogP contribution in [-0.2, 0) is 0 Å². The van der Waals surface area contributed by atoms with Crippen molar-refractivity contribution >= 4 is 31.9 Å². The van der Waals surface area contributed by atoms with Crippen molar-refractivity contribution in [1.82, 2.24) is 44.9 Å². The number of nitrogens with zero attached hydrogens (tertiary/aromatic N) is 9. The van der Waals surface area contributed by atoms with Crippen LogP contribution in [0.5, 0.6) is 0 Å². The van der Waals surface area contributed by atoms with Crippen molar-refractivity contribution in [2.45, 2.75) is 6.92 Å². The summed E-state index contributed by atoms with van der Waals surface area (Å²) in [7, 11) is 0. The molecule has 0 unspecified atom stereocenters. The third kappa shape index (κ3) is 17.6. The Morgan fingerprint density at radius 3 is 0.613 bits per heavy atom. The molecule has 0 amide bonds. The van der Waals surface area contributed by atoms with E-state index in [0.29, 0.717) is 34.9 Å². The molecule has 0 saturated heterocycles. The van der Waals surface area contributed by atoms with Crippen LogP contribution in [0.3, 0.4) is 0 Å². The normalized spacial score (nSPS) is 10.8. The zero-order valence-corrected chi connectivity index (χ0v) is 63.6. The highest BCUT2D eigenvalue weighted by Crippen LogP contribution is 2.39. The van der Waals surface area contributed by atoms with E-state index in [4.69, 9.17) is 39.9 Å². The number of pyridine rings is 3. The van der Waals surface area contributed by atoms with Gasteiger partial charge in [-0.05, 0) is 161 Å². The Balaban J connectivity index is 0.000000155. The average Bonchev–Trinajstić information content (AvgIpc) is 0.781. The van der Waals surface area contributed by atoms with Crippen molar-refractivity contribution in [2.75, 3.05) is 0 Å². The molecule has 5 aromatic heterocycles. The van der Waals surface area contributed by atoms with Crippen LogP contribution < -0.4 is 0 Å². The van der Waals surface area contributed by atoms with Crippen molar-refractivity contribution in [1.29, 1.82) is 0 Å². The molecule has 9 nitrogen and oxygen atoms in total. The topological polar surface area (TPSA) is 116 Å². The molecular formula is C100H69Br2N9. The van der Waals surface area contributed by atoms with Gasteiger partial charge in [-0.3, -0.25) is 4.98 Å². The maximum absolute atomic E-state index is 5.31. The highest BCUT2D eigenvalue weighted by atomic mass is 79.9. The van der Waals surface area contributed by atoms with Gasteiger partial charge in [0.15, 0.2) is 34.9 Å². The van der Waals surface area contributed by atoms with Crippen LogP contribution in [0.2, 0.25) is 0 Å². The van der Waals surface area contributed by atoms with E-state index in [1.807, 2.05) is 189 Å². The molecule has 0 saturated carbocycles. The third-order valence-electron chi connectivity index (χ3n) is 18.6. The van der Waals surface area contributed by atoms with Gasteiger partial charge in [-0.25, -0.2) is 39.9 Å². The van der Waals surface area contributed by atoms with Gasteiger partial charge >= 0.3 is 0 Å². The lowest BCUT2D eigenvalue weighted by molar-refractivity contribution is 1.07. The average molecular weight is 1560 g/mol. The Kier molecular flexibility index (Phi) is 21.9. The van der Waals surface area contributed by atoms with E-state index < -0.39 is 0 Å². The maximum atomic E-state index is 5.31. The van der Waals surface area contributed by atoms with Gasteiger partial charge in [-0.15, -0.1) is 0 Å². The molecule has 0 fully saturated rings. The van der Waals surface area contributed by atoms with E-state index in [-0.39, 0.29) is 0 Å². The lowest BCUT2D eigenvalue weighted by Gasteiger charge is -2.14. The van der Waals surface area contributed by atoms with Crippen LogP contribution in [0.15, 0.2) is 409 Å². The fraction of sp³-hybridized carbons (Fsp3) is 0.0100. The molecule has 0 aliphatic rings. The minimum atomic E-state index is 0.563. The van der Waals surface area contributed by atoms with Crippen LogP contribution in [0.1, 0.15) is 5.69 Å². The molecule has 13 aromatic carbocycles. The number of hydrogen-bond donors (Lipinski definition) is 0. The Labute approximate surface area is 662 Å². The maximum Gasteiger partial charge on any atom is 0.164 e. The number of halogens is 2. The molecule has 111 heavy (non-hydrogen) atoms. The summed E-state index contributed by atoms with van der Waals surface area (Å²) in [5, 5.41) is 0. The molecule has 0 aliphatic heterocycles. The van der Waals surface area contributed by atoms with Crippen molar-refractivity contribution in [3.63, 3.8) is 0 Å². The molecule has 528 valence electrons. The largest absolute Gasteiger partial charge is 0.253 e. The monoisotopic (exact) mass is 1550 g/mol. The summed E-state index contributed by atoms with van der Waals surface area (Å²) in [6, 6.07) is 136. The van der Waals surface area contributed by atoms with Crippen molar-refractivity contribution < 1.29 is 0 Å². The lowest BCUT2D eigenvalue weighted by Crippen LogP contribution is -2.01. The van der Waals surface area contributed by atoms with E-state index in [2.05, 4.69) is 255 Å². The van der Waals surface area contributed by atoms with Crippen molar-refractivity contribution in [2.24, 2.45) is 0 Å². The molecule has 0 radical (unpaired) electrons. The van der Waals surface area contributed by atoms with Gasteiger partial charge in [-0.1, -0.05) is 323 Å². The predicted molar refractivity (Wildman–Crippen MR) is 461 cm³/mol. The molecule has 0 aliphatic carbocycles. The lowest BCUT2D eigenvalue weighted by atomic mass is 9.96. The second-order valence-electron chi connectivity index (χ2n) is 26.4. The van der Waals surface area contributed by atoms with Gasteiger partial charge in [-0.2, -0.15) is 0 Å². The Hall–Kier alpha value is -13.7. The first-order chi connectivity index (χ1) is 54.7. The molecule has 11 heteroatoms. The van der Waals surface area contributed by atoms with Crippen molar-refractivity contribution in [3.05, 3.63) is 415 Å². The minimum absolute atomic E-state index is 0.563. The Morgan fingerprint density at radius 1 is 0.144 bits per heavy atom. The van der Waals surface area contributed by atoms with Crippen LogP contribution >= 0.6 is 31.9 Å². The summed E-state index contributed by atoms with van der Waals surface area (Å²) in [5.74, 6) is 3.58. The number of hydrogen-bond acceptors (Lipinski definition) is 9. The first-order valence-corrected chi connectivity index (χ1v) is 38.1. The fourth-order valence-electron chi connectivity index (χ4n) is 13.2. The van der Waals surface area contributed by atoms with E-state index in [9.17, 15) is 0 Å². The van der Waals surface area contributed by atoms with Gasteiger partial charge in [0.05, 0.1) is 28.5 Å². The van der Waals surface area contributed by atoms with E-state index in [0.717, 1.165) is 143 Å². The number of benzene rings is 13. The van der Waals surface area contributed by atoms with E-state index >= 15 is 0 Å². The standard InChI is InChI=1S/C55H37N5.C33H21Br2N3.C12H11N/c1-6-18-38(19-7-1)43-32-45(51-30-16-28-49(56-51)40-22-10-3-11-23-40)36-47(34-43)54-58-53(42-26-14-5-15-27-42)59-55(60-54)48-35-44(39-20-8-2-9-21-39)33-46(37-48)52-31-17-29-50(57-52)41-24-12-4-13-25-41;34-29-18-25(22-10-4-1-5-11-22)16-27(20-29)32-36-31(24-14-8-3-9-15-24)37-33(38-32)28-17-26(19-30(35)21-28)23-12-6-2-7-13-23;1-10-6-5-9-12(13-10)11-7-3-2-4-8-11/h1-37H;1-21H;2-9H,1H3. The van der Waals surface area contributed by atoms with Crippen LogP contribution in [-0.4, -0.2) is 44.9 Å². The predicted octanol–water partition coefficient (Wildman–Crippen LogP) is 26.5. The van der Waals surface area contributed by atoms with Crippen LogP contribution in [0, 0.1) is 6.92 Å². The third-order valence-corrected chi connectivity index (χ3v) is 19.6. The molecule has 0 atom stereocenters. The first kappa shape index (κ1) is 71.5. The van der Waals surface area contributed by atoms with Crippen molar-refractivity contribution in [3.8, 4) is 169 Å². The van der Waals surface area contributed by atoms with Gasteiger partial charge in [0, 0.05) is 75.8 Å². The SMILES string of the molecule is Brc1cc(-c2ccccc2)cc(-c2nc(-c3ccccc3)nc(-c3cc(Br)cc(-c4ccccc4)c3)n2)c1.Cc1cccc(-c2ccccc2)n1.c1ccc(-c2cc(-c3cccc(-c4ccccc4)n3)cc(-c3nc(-c4ccccc4)nc(-c4cc(-c5ccccc5)cc(-c5cccc(-c6ccccc6)n5)c4)n3)c2)cc1. The summed E-state index contributed by atoms with van der Waals surface area (Å²) < 4.78 is 1.93. The molecule has 18 rings (SSSR count). The van der Waals surface area contributed by atoms with Gasteiger partial charge in [0.2, 0.25) is 0 Å². The highest BCUT2D eigenvalue weighted by Gasteiger charge is 2.20. The zero-order valence-electron chi connectivity index (χ0n) is 60.4. The fourth-order valence-corrected chi connectivity index (χ4v) is 14.2. The quantitative estimate of drug-likeness (QED) is 0.0989. The smallest absolute Gasteiger partial charge is 0.164 e. The molecular weight excluding hydrogens is 1490 g/mol. The first-order valence-electron chi connectivity index (χ1n) is 36.5.